The molecule has 2 rings (SSSR count). The number of aliphatic hydroxyl groups excluding tert-OH is 1. The fourth-order valence-electron chi connectivity index (χ4n) is 1.39. The van der Waals surface area contributed by atoms with E-state index in [2.05, 4.69) is 15.3 Å². The summed E-state index contributed by atoms with van der Waals surface area (Å²) >= 11 is 1.52. The number of primary amides is 1. The van der Waals surface area contributed by atoms with Gasteiger partial charge in [0.15, 0.2) is 0 Å². The van der Waals surface area contributed by atoms with Gasteiger partial charge >= 0.3 is 0 Å². The molecule has 1 unspecified atom stereocenters. The van der Waals surface area contributed by atoms with Crippen LogP contribution in [0.15, 0.2) is 11.7 Å². The largest absolute Gasteiger partial charge is 0.381 e. The summed E-state index contributed by atoms with van der Waals surface area (Å²) in [5.41, 5.74) is 6.91. The molecule has 6 nitrogen and oxygen atoms in total. The van der Waals surface area contributed by atoms with E-state index in [1.54, 1.807) is 0 Å². The van der Waals surface area contributed by atoms with E-state index < -0.39 is 12.0 Å². The molecule has 1 amide bonds. The molecule has 17 heavy (non-hydrogen) atoms. The van der Waals surface area contributed by atoms with Gasteiger partial charge in [0.1, 0.15) is 18.2 Å². The second-order valence-electron chi connectivity index (χ2n) is 3.62. The van der Waals surface area contributed by atoms with E-state index in [0.717, 1.165) is 15.8 Å². The van der Waals surface area contributed by atoms with Gasteiger partial charge in [-0.05, 0) is 17.9 Å². The van der Waals surface area contributed by atoms with Crippen LogP contribution in [0.3, 0.4) is 0 Å². The third-order valence-corrected chi connectivity index (χ3v) is 3.42. The highest BCUT2D eigenvalue weighted by molar-refractivity contribution is 7.18. The molecule has 0 radical (unpaired) electrons. The van der Waals surface area contributed by atoms with Crippen molar-refractivity contribution in [2.75, 3.05) is 11.9 Å². The maximum absolute atomic E-state index is 10.7. The van der Waals surface area contributed by atoms with Gasteiger partial charge in [0.05, 0.1) is 16.8 Å². The Hall–Kier alpha value is -1.73. The van der Waals surface area contributed by atoms with E-state index >= 15 is 0 Å². The number of hydrogen-bond acceptors (Lipinski definition) is 6. The Kier molecular flexibility index (Phi) is 3.21. The van der Waals surface area contributed by atoms with Crippen LogP contribution >= 0.6 is 11.3 Å². The predicted octanol–water partition coefficient (Wildman–Crippen LogP) is 0.258. The van der Waals surface area contributed by atoms with E-state index in [0.29, 0.717) is 5.82 Å². The van der Waals surface area contributed by atoms with Crippen molar-refractivity contribution in [3.8, 4) is 0 Å². The van der Waals surface area contributed by atoms with Crippen LogP contribution in [0, 0.1) is 6.92 Å². The quantitative estimate of drug-likeness (QED) is 0.724. The lowest BCUT2D eigenvalue weighted by atomic mass is 10.3. The highest BCUT2D eigenvalue weighted by atomic mass is 32.1. The molecule has 2 aromatic heterocycles. The second kappa shape index (κ2) is 4.64. The third kappa shape index (κ3) is 2.34. The first-order valence-corrected chi connectivity index (χ1v) is 5.87. The second-order valence-corrected chi connectivity index (χ2v) is 4.50. The number of nitrogens with zero attached hydrogens (tertiary/aromatic N) is 2. The van der Waals surface area contributed by atoms with Crippen LogP contribution in [0.5, 0.6) is 0 Å². The van der Waals surface area contributed by atoms with Gasteiger partial charge in [-0.2, -0.15) is 0 Å². The average Bonchev–Trinajstić information content (AvgIpc) is 2.69. The summed E-state index contributed by atoms with van der Waals surface area (Å²) in [6.45, 7) is 2.01. The van der Waals surface area contributed by atoms with E-state index in [9.17, 15) is 9.90 Å². The number of anilines is 1. The van der Waals surface area contributed by atoms with Crippen LogP contribution in [0.2, 0.25) is 0 Å². The molecule has 1 atom stereocenters. The monoisotopic (exact) mass is 252 g/mol. The molecule has 0 aliphatic rings. The summed E-state index contributed by atoms with van der Waals surface area (Å²) in [6, 6.07) is 0. The van der Waals surface area contributed by atoms with Crippen molar-refractivity contribution in [1.29, 1.82) is 0 Å². The van der Waals surface area contributed by atoms with E-state index in [-0.39, 0.29) is 6.54 Å². The number of carbonyl (C=O) groups excluding carboxylic acids is 1. The van der Waals surface area contributed by atoms with Gasteiger partial charge in [-0.25, -0.2) is 9.97 Å². The minimum atomic E-state index is -1.22. The zero-order chi connectivity index (χ0) is 12.4. The molecule has 0 aliphatic carbocycles. The smallest absolute Gasteiger partial charge is 0.248 e. The highest BCUT2D eigenvalue weighted by Crippen LogP contribution is 2.28. The molecule has 0 saturated heterocycles. The summed E-state index contributed by atoms with van der Waals surface area (Å²) in [6.07, 6.45) is 0.224. The number of rotatable bonds is 4. The summed E-state index contributed by atoms with van der Waals surface area (Å²) in [4.78, 5) is 18.9. The first-order chi connectivity index (χ1) is 8.09. The molecule has 90 valence electrons. The SMILES string of the molecule is Cc1csc2c(NCC(O)C(N)=O)ncnc12. The first kappa shape index (κ1) is 11.7. The highest BCUT2D eigenvalue weighted by Gasteiger charge is 2.12. The van der Waals surface area contributed by atoms with Crippen LogP contribution in [-0.4, -0.2) is 33.6 Å². The summed E-state index contributed by atoms with van der Waals surface area (Å²) in [7, 11) is 0. The van der Waals surface area contributed by atoms with Crippen LogP contribution in [0.1, 0.15) is 5.56 Å². The molecular weight excluding hydrogens is 240 g/mol. The van der Waals surface area contributed by atoms with Crippen molar-refractivity contribution in [3.05, 3.63) is 17.3 Å². The zero-order valence-electron chi connectivity index (χ0n) is 9.17. The minimum absolute atomic E-state index is 0.0401. The normalized spacial score (nSPS) is 12.6. The van der Waals surface area contributed by atoms with E-state index in [1.807, 2.05) is 12.3 Å². The lowest BCUT2D eigenvalue weighted by Crippen LogP contribution is -2.34. The first-order valence-electron chi connectivity index (χ1n) is 4.99. The van der Waals surface area contributed by atoms with Gasteiger partial charge in [-0.3, -0.25) is 4.79 Å². The van der Waals surface area contributed by atoms with Crippen molar-refractivity contribution in [2.24, 2.45) is 5.73 Å². The number of nitrogens with one attached hydrogen (secondary N) is 1. The summed E-state index contributed by atoms with van der Waals surface area (Å²) in [5, 5.41) is 14.2. The van der Waals surface area contributed by atoms with Crippen molar-refractivity contribution in [2.45, 2.75) is 13.0 Å². The number of thiophene rings is 1. The van der Waals surface area contributed by atoms with Gasteiger partial charge in [0.25, 0.3) is 0 Å². The molecule has 4 N–H and O–H groups in total. The molecule has 0 bridgehead atoms. The number of aromatic nitrogens is 2. The fourth-order valence-corrected chi connectivity index (χ4v) is 2.36. The molecule has 0 fully saturated rings. The number of hydrogen-bond donors (Lipinski definition) is 3. The van der Waals surface area contributed by atoms with Gasteiger partial charge < -0.3 is 16.2 Å². The van der Waals surface area contributed by atoms with Crippen LogP contribution in [0.4, 0.5) is 5.82 Å². The fraction of sp³-hybridized carbons (Fsp3) is 0.300. The van der Waals surface area contributed by atoms with Gasteiger partial charge in [0.2, 0.25) is 5.91 Å². The Morgan fingerprint density at radius 3 is 3.12 bits per heavy atom. The lowest BCUT2D eigenvalue weighted by Gasteiger charge is -2.09. The Balaban J connectivity index is 2.21. The van der Waals surface area contributed by atoms with Crippen molar-refractivity contribution in [3.63, 3.8) is 0 Å². The maximum Gasteiger partial charge on any atom is 0.248 e. The number of amides is 1. The molecular formula is C10H12N4O2S. The van der Waals surface area contributed by atoms with E-state index in [4.69, 9.17) is 5.73 Å². The Bertz CT molecular complexity index is 554. The van der Waals surface area contributed by atoms with Crippen molar-refractivity contribution < 1.29 is 9.90 Å². The molecule has 0 saturated carbocycles. The molecule has 0 aromatic carbocycles. The standard InChI is InChI=1S/C10H12N4O2S/c1-5-3-17-8-7(5)13-4-14-10(8)12-2-6(15)9(11)16/h3-4,6,15H,2H2,1H3,(H2,11,16)(H,12,13,14). The van der Waals surface area contributed by atoms with E-state index in [1.165, 1.54) is 17.7 Å². The summed E-state index contributed by atoms with van der Waals surface area (Å²) in [5.74, 6) is -0.154. The Labute approximate surface area is 101 Å². The number of nitrogens with two attached hydrogens (primary N) is 1. The van der Waals surface area contributed by atoms with Crippen LogP contribution < -0.4 is 11.1 Å². The molecule has 0 aliphatic heterocycles. The van der Waals surface area contributed by atoms with Gasteiger partial charge in [-0.15, -0.1) is 11.3 Å². The lowest BCUT2D eigenvalue weighted by molar-refractivity contribution is -0.125. The molecule has 0 spiro atoms. The molecule has 2 heterocycles. The Morgan fingerprint density at radius 2 is 2.41 bits per heavy atom. The third-order valence-electron chi connectivity index (χ3n) is 2.32. The number of carbonyl (C=O) groups is 1. The number of aryl methyl sites for hydroxylation is 1. The van der Waals surface area contributed by atoms with Gasteiger partial charge in [-0.1, -0.05) is 0 Å². The maximum atomic E-state index is 10.7. The summed E-state index contributed by atoms with van der Waals surface area (Å²) < 4.78 is 0.904. The van der Waals surface area contributed by atoms with Crippen molar-refractivity contribution >= 4 is 33.3 Å². The Morgan fingerprint density at radius 1 is 1.65 bits per heavy atom. The average molecular weight is 252 g/mol. The van der Waals surface area contributed by atoms with Crippen molar-refractivity contribution in [1.82, 2.24) is 9.97 Å². The topological polar surface area (TPSA) is 101 Å². The predicted molar refractivity (Wildman–Crippen MR) is 65.8 cm³/mol. The van der Waals surface area contributed by atoms with Crippen LogP contribution in [0.25, 0.3) is 10.2 Å². The number of aliphatic hydroxyl groups is 1. The number of fused-ring (bicyclic) bond motifs is 1. The molecule has 7 heteroatoms. The van der Waals surface area contributed by atoms with Gasteiger partial charge in [0, 0.05) is 0 Å². The zero-order valence-corrected chi connectivity index (χ0v) is 9.99. The van der Waals surface area contributed by atoms with Crippen LogP contribution in [-0.2, 0) is 4.79 Å². The molecule has 2 aromatic rings. The minimum Gasteiger partial charge on any atom is -0.381 e.